The van der Waals surface area contributed by atoms with Crippen LogP contribution in [-0.2, 0) is 25.8 Å². The van der Waals surface area contributed by atoms with E-state index in [4.69, 9.17) is 4.84 Å². The topological polar surface area (TPSA) is 67.9 Å². The zero-order valence-electron chi connectivity index (χ0n) is 14.0. The number of methoxy groups -OCH3 is 1. The standard InChI is InChI=1S/C16H19F3N2O4.ClH/c1-24-14(22)13-8-7-12(9-21(13)15(23)16(17,18)19)20-25-10-11-5-3-2-4-6-11;/h2-6,12-13,20H,7-10H2,1H3;1H. The van der Waals surface area contributed by atoms with Crippen LogP contribution in [0.3, 0.4) is 0 Å². The van der Waals surface area contributed by atoms with Gasteiger partial charge in [0.1, 0.15) is 6.04 Å². The number of likely N-dealkylation sites (tertiary alicyclic amines) is 1. The molecule has 26 heavy (non-hydrogen) atoms. The predicted molar refractivity (Wildman–Crippen MR) is 88.2 cm³/mol. The molecule has 6 nitrogen and oxygen atoms in total. The van der Waals surface area contributed by atoms with E-state index in [2.05, 4.69) is 10.2 Å². The van der Waals surface area contributed by atoms with Crippen LogP contribution in [0.4, 0.5) is 13.2 Å². The second-order valence-corrected chi connectivity index (χ2v) is 5.66. The van der Waals surface area contributed by atoms with Gasteiger partial charge in [0.15, 0.2) is 0 Å². The van der Waals surface area contributed by atoms with E-state index >= 15 is 0 Å². The largest absolute Gasteiger partial charge is 0.471 e. The number of ether oxygens (including phenoxy) is 1. The average molecular weight is 397 g/mol. The zero-order valence-corrected chi connectivity index (χ0v) is 14.8. The van der Waals surface area contributed by atoms with Gasteiger partial charge in [-0.15, -0.1) is 12.4 Å². The monoisotopic (exact) mass is 396 g/mol. The molecule has 146 valence electrons. The lowest BCUT2D eigenvalue weighted by atomic mass is 9.98. The predicted octanol–water partition coefficient (Wildman–Crippen LogP) is 2.22. The SMILES string of the molecule is COC(=O)C1CCC(NOCc2ccccc2)CN1C(=O)C(F)(F)F.Cl. The summed E-state index contributed by atoms with van der Waals surface area (Å²) in [5.41, 5.74) is 3.56. The molecule has 0 aliphatic carbocycles. The number of benzene rings is 1. The van der Waals surface area contributed by atoms with Crippen LogP contribution in [0.5, 0.6) is 0 Å². The number of esters is 1. The number of hydrogen-bond donors (Lipinski definition) is 1. The van der Waals surface area contributed by atoms with Crippen molar-refractivity contribution >= 4 is 24.3 Å². The van der Waals surface area contributed by atoms with Crippen molar-refractivity contribution < 1.29 is 32.3 Å². The van der Waals surface area contributed by atoms with Gasteiger partial charge in [-0.05, 0) is 18.4 Å². The van der Waals surface area contributed by atoms with E-state index in [1.54, 1.807) is 0 Å². The molecule has 10 heteroatoms. The van der Waals surface area contributed by atoms with Crippen molar-refractivity contribution in [3.05, 3.63) is 35.9 Å². The molecule has 0 bridgehead atoms. The molecule has 2 atom stereocenters. The van der Waals surface area contributed by atoms with Gasteiger partial charge in [0.2, 0.25) is 0 Å². The number of carbonyl (C=O) groups excluding carboxylic acids is 2. The highest BCUT2D eigenvalue weighted by atomic mass is 35.5. The van der Waals surface area contributed by atoms with Gasteiger partial charge < -0.3 is 9.64 Å². The van der Waals surface area contributed by atoms with Gasteiger partial charge in [-0.25, -0.2) is 4.79 Å². The summed E-state index contributed by atoms with van der Waals surface area (Å²) in [6.07, 6.45) is -4.63. The molecule has 1 amide bonds. The number of rotatable bonds is 5. The normalized spacial score (nSPS) is 20.2. The molecule has 0 aromatic heterocycles. The quantitative estimate of drug-likeness (QED) is 0.610. The van der Waals surface area contributed by atoms with Crippen molar-refractivity contribution in [3.8, 4) is 0 Å². The van der Waals surface area contributed by atoms with Crippen molar-refractivity contribution in [1.82, 2.24) is 10.4 Å². The zero-order chi connectivity index (χ0) is 18.4. The summed E-state index contributed by atoms with van der Waals surface area (Å²) >= 11 is 0. The number of hydroxylamine groups is 1. The number of carbonyl (C=O) groups is 2. The van der Waals surface area contributed by atoms with Gasteiger partial charge in [-0.1, -0.05) is 30.3 Å². The summed E-state index contributed by atoms with van der Waals surface area (Å²) in [7, 11) is 1.08. The smallest absolute Gasteiger partial charge is 0.467 e. The maximum Gasteiger partial charge on any atom is 0.471 e. The lowest BCUT2D eigenvalue weighted by Gasteiger charge is -2.38. The molecular weight excluding hydrogens is 377 g/mol. The van der Waals surface area contributed by atoms with Crippen LogP contribution in [-0.4, -0.2) is 48.7 Å². The molecule has 1 aromatic carbocycles. The second kappa shape index (κ2) is 9.75. The molecule has 0 spiro atoms. The number of piperidine rings is 1. The molecule has 2 unspecified atom stereocenters. The summed E-state index contributed by atoms with van der Waals surface area (Å²) < 4.78 is 42.8. The Labute approximate surface area is 155 Å². The van der Waals surface area contributed by atoms with Gasteiger partial charge in [-0.3, -0.25) is 9.63 Å². The van der Waals surface area contributed by atoms with Crippen molar-refractivity contribution in [2.75, 3.05) is 13.7 Å². The van der Waals surface area contributed by atoms with Gasteiger partial charge in [0, 0.05) is 12.6 Å². The summed E-state index contributed by atoms with van der Waals surface area (Å²) in [6.45, 7) is -0.0715. The summed E-state index contributed by atoms with van der Waals surface area (Å²) in [5, 5.41) is 0. The van der Waals surface area contributed by atoms with Crippen LogP contribution >= 0.6 is 12.4 Å². The molecule has 1 aromatic rings. The first-order valence-electron chi connectivity index (χ1n) is 7.69. The Morgan fingerprint density at radius 1 is 1.23 bits per heavy atom. The fourth-order valence-corrected chi connectivity index (χ4v) is 2.65. The number of hydrogen-bond acceptors (Lipinski definition) is 5. The van der Waals surface area contributed by atoms with Crippen LogP contribution in [0.2, 0.25) is 0 Å². The molecule has 1 heterocycles. The minimum absolute atomic E-state index is 0. The fourth-order valence-electron chi connectivity index (χ4n) is 2.65. The molecule has 0 saturated carbocycles. The van der Waals surface area contributed by atoms with E-state index < -0.39 is 30.1 Å². The second-order valence-electron chi connectivity index (χ2n) is 5.66. The molecular formula is C16H20ClF3N2O4. The Kier molecular flexibility index (Phi) is 8.32. The van der Waals surface area contributed by atoms with Gasteiger partial charge in [0.05, 0.1) is 13.7 Å². The van der Waals surface area contributed by atoms with Crippen LogP contribution in [0.1, 0.15) is 18.4 Å². The molecule has 1 saturated heterocycles. The Morgan fingerprint density at radius 3 is 2.46 bits per heavy atom. The van der Waals surface area contributed by atoms with Crippen LogP contribution in [0.25, 0.3) is 0 Å². The minimum atomic E-state index is -5.06. The third-order valence-electron chi connectivity index (χ3n) is 3.89. The van der Waals surface area contributed by atoms with E-state index in [1.807, 2.05) is 30.3 Å². The van der Waals surface area contributed by atoms with E-state index in [0.29, 0.717) is 11.3 Å². The summed E-state index contributed by atoms with van der Waals surface area (Å²) in [6, 6.07) is 7.45. The number of nitrogens with one attached hydrogen (secondary N) is 1. The first kappa shape index (κ1) is 22.2. The van der Waals surface area contributed by atoms with E-state index in [1.165, 1.54) is 0 Å². The fraction of sp³-hybridized carbons (Fsp3) is 0.500. The van der Waals surface area contributed by atoms with Gasteiger partial charge >= 0.3 is 18.1 Å². The van der Waals surface area contributed by atoms with Crippen LogP contribution in [0, 0.1) is 0 Å². The van der Waals surface area contributed by atoms with E-state index in [9.17, 15) is 22.8 Å². The lowest BCUT2D eigenvalue weighted by molar-refractivity contribution is -0.193. The Hall–Kier alpha value is -1.84. The molecule has 1 aliphatic heterocycles. The summed E-state index contributed by atoms with van der Waals surface area (Å²) in [5.74, 6) is -2.92. The van der Waals surface area contributed by atoms with Gasteiger partial charge in [0.25, 0.3) is 0 Å². The van der Waals surface area contributed by atoms with Gasteiger partial charge in [-0.2, -0.15) is 18.7 Å². The third kappa shape index (κ3) is 5.86. The van der Waals surface area contributed by atoms with E-state index in [-0.39, 0.29) is 32.0 Å². The molecule has 1 fully saturated rings. The van der Waals surface area contributed by atoms with E-state index in [0.717, 1.165) is 12.7 Å². The highest BCUT2D eigenvalue weighted by Crippen LogP contribution is 2.26. The van der Waals surface area contributed by atoms with Crippen molar-refractivity contribution in [3.63, 3.8) is 0 Å². The van der Waals surface area contributed by atoms with Crippen molar-refractivity contribution in [2.45, 2.75) is 37.7 Å². The Morgan fingerprint density at radius 2 is 1.88 bits per heavy atom. The number of alkyl halides is 3. The highest BCUT2D eigenvalue weighted by molar-refractivity contribution is 5.88. The summed E-state index contributed by atoms with van der Waals surface area (Å²) in [4.78, 5) is 29.1. The van der Waals surface area contributed by atoms with Crippen molar-refractivity contribution in [2.24, 2.45) is 0 Å². The first-order chi connectivity index (χ1) is 11.8. The lowest BCUT2D eigenvalue weighted by Crippen LogP contribution is -2.58. The van der Waals surface area contributed by atoms with Crippen LogP contribution < -0.4 is 5.48 Å². The molecule has 0 radical (unpaired) electrons. The number of nitrogens with zero attached hydrogens (tertiary/aromatic N) is 1. The molecule has 1 N–H and O–H groups in total. The maximum atomic E-state index is 12.8. The van der Waals surface area contributed by atoms with Crippen LogP contribution in [0.15, 0.2) is 30.3 Å². The molecule has 2 rings (SSSR count). The minimum Gasteiger partial charge on any atom is -0.467 e. The Balaban J connectivity index is 0.00000338. The highest BCUT2D eigenvalue weighted by Gasteiger charge is 2.48. The number of halogens is 4. The average Bonchev–Trinajstić information content (AvgIpc) is 2.60. The third-order valence-corrected chi connectivity index (χ3v) is 3.89. The number of amides is 1. The Bertz CT molecular complexity index is 601. The maximum absolute atomic E-state index is 12.8. The van der Waals surface area contributed by atoms with Crippen molar-refractivity contribution in [1.29, 1.82) is 0 Å². The molecule has 1 aliphatic rings. The first-order valence-corrected chi connectivity index (χ1v) is 7.69.